The van der Waals surface area contributed by atoms with Crippen LogP contribution < -0.4 is 15.4 Å². The molecule has 7 heteroatoms. The van der Waals surface area contributed by atoms with Gasteiger partial charge in [0.25, 0.3) is 0 Å². The van der Waals surface area contributed by atoms with Gasteiger partial charge >= 0.3 is 0 Å². The number of hydrogen-bond donors (Lipinski definition) is 2. The number of guanidine groups is 1. The lowest BCUT2D eigenvalue weighted by Crippen LogP contribution is -2.38. The number of methoxy groups -OCH3 is 1. The average molecular weight is 523 g/mol. The maximum Gasteiger partial charge on any atom is 0.191 e. The van der Waals surface area contributed by atoms with Crippen LogP contribution in [0.4, 0.5) is 0 Å². The third kappa shape index (κ3) is 6.91. The van der Waals surface area contributed by atoms with Crippen LogP contribution in [0.5, 0.6) is 5.75 Å². The second-order valence-electron chi connectivity index (χ2n) is 6.82. The minimum Gasteiger partial charge on any atom is -0.493 e. The first-order chi connectivity index (χ1) is 14.2. The third-order valence-electron chi connectivity index (χ3n) is 4.57. The van der Waals surface area contributed by atoms with Crippen LogP contribution in [0.3, 0.4) is 0 Å². The molecule has 0 amide bonds. The van der Waals surface area contributed by atoms with Gasteiger partial charge in [-0.1, -0.05) is 30.3 Å². The summed E-state index contributed by atoms with van der Waals surface area (Å²) >= 11 is 0. The molecule has 0 bridgehead atoms. The van der Waals surface area contributed by atoms with Crippen LogP contribution in [0.1, 0.15) is 30.7 Å². The van der Waals surface area contributed by atoms with Crippen molar-refractivity contribution in [3.63, 3.8) is 0 Å². The van der Waals surface area contributed by atoms with E-state index in [4.69, 9.17) is 13.9 Å². The van der Waals surface area contributed by atoms with E-state index in [-0.39, 0.29) is 30.0 Å². The zero-order chi connectivity index (χ0) is 20.5. The summed E-state index contributed by atoms with van der Waals surface area (Å²) in [7, 11) is 3.46. The van der Waals surface area contributed by atoms with Crippen molar-refractivity contribution in [2.45, 2.75) is 25.9 Å². The molecule has 3 rings (SSSR count). The third-order valence-corrected chi connectivity index (χ3v) is 4.57. The van der Waals surface area contributed by atoms with Gasteiger partial charge in [-0.25, -0.2) is 0 Å². The fourth-order valence-electron chi connectivity index (χ4n) is 3.01. The Morgan fingerprint density at radius 2 is 1.93 bits per heavy atom. The molecular weight excluding hydrogens is 493 g/mol. The minimum absolute atomic E-state index is 0. The van der Waals surface area contributed by atoms with Crippen LogP contribution in [0.2, 0.25) is 0 Å². The van der Waals surface area contributed by atoms with E-state index in [9.17, 15) is 0 Å². The highest BCUT2D eigenvalue weighted by Gasteiger charge is 2.13. The van der Waals surface area contributed by atoms with E-state index in [1.807, 2.05) is 42.5 Å². The Kier molecular flexibility index (Phi) is 9.96. The monoisotopic (exact) mass is 523 g/mol. The summed E-state index contributed by atoms with van der Waals surface area (Å²) in [5, 5.41) is 7.82. The minimum atomic E-state index is -0.0101. The summed E-state index contributed by atoms with van der Waals surface area (Å²) < 4.78 is 16.7. The van der Waals surface area contributed by atoms with Crippen molar-refractivity contribution in [3.05, 3.63) is 65.9 Å². The van der Waals surface area contributed by atoms with Crippen molar-refractivity contribution < 1.29 is 13.9 Å². The van der Waals surface area contributed by atoms with Gasteiger partial charge in [-0.05, 0) is 36.8 Å². The van der Waals surface area contributed by atoms with Gasteiger partial charge in [0, 0.05) is 39.1 Å². The lowest BCUT2D eigenvalue weighted by Gasteiger charge is -2.16. The zero-order valence-corrected chi connectivity index (χ0v) is 20.0. The highest BCUT2D eigenvalue weighted by Crippen LogP contribution is 2.23. The van der Waals surface area contributed by atoms with E-state index in [1.165, 1.54) is 0 Å². The van der Waals surface area contributed by atoms with Gasteiger partial charge in [0.05, 0.1) is 12.6 Å². The highest BCUT2D eigenvalue weighted by atomic mass is 127. The number of para-hydroxylation sites is 1. The first-order valence-electron chi connectivity index (χ1n) is 9.86. The topological polar surface area (TPSA) is 68.0 Å². The summed E-state index contributed by atoms with van der Waals surface area (Å²) in [6, 6.07) is 18.1. The summed E-state index contributed by atoms with van der Waals surface area (Å²) in [5.41, 5.74) is 2.01. The fourth-order valence-corrected chi connectivity index (χ4v) is 3.01. The Morgan fingerprint density at radius 1 is 1.10 bits per heavy atom. The molecule has 0 aliphatic rings. The highest BCUT2D eigenvalue weighted by molar-refractivity contribution is 14.0. The number of aliphatic imine (C=N–C) groups is 1. The molecular formula is C23H30IN3O3. The van der Waals surface area contributed by atoms with Crippen LogP contribution in [-0.4, -0.2) is 33.3 Å². The molecule has 2 aromatic carbocycles. The number of nitrogens with zero attached hydrogens (tertiary/aromatic N) is 1. The average Bonchev–Trinajstić information content (AvgIpc) is 3.19. The van der Waals surface area contributed by atoms with E-state index in [0.29, 0.717) is 25.7 Å². The Morgan fingerprint density at radius 3 is 2.70 bits per heavy atom. The zero-order valence-electron chi connectivity index (χ0n) is 17.7. The number of benzene rings is 2. The molecule has 0 aliphatic carbocycles. The maximum atomic E-state index is 5.94. The number of rotatable bonds is 9. The quantitative estimate of drug-likeness (QED) is 0.181. The van der Waals surface area contributed by atoms with Crippen LogP contribution in [-0.2, 0) is 11.3 Å². The van der Waals surface area contributed by atoms with E-state index >= 15 is 0 Å². The Labute approximate surface area is 195 Å². The van der Waals surface area contributed by atoms with E-state index in [2.05, 4.69) is 34.7 Å². The molecule has 6 nitrogen and oxygen atoms in total. The number of nitrogens with one attached hydrogen (secondary N) is 2. The molecule has 0 radical (unpaired) electrons. The number of fused-ring (bicyclic) bond motifs is 1. The van der Waals surface area contributed by atoms with Crippen molar-refractivity contribution in [2.24, 2.45) is 4.99 Å². The van der Waals surface area contributed by atoms with Crippen molar-refractivity contribution >= 4 is 40.9 Å². The smallest absolute Gasteiger partial charge is 0.191 e. The molecule has 3 aromatic rings. The van der Waals surface area contributed by atoms with Gasteiger partial charge < -0.3 is 24.5 Å². The predicted molar refractivity (Wildman–Crippen MR) is 132 cm³/mol. The number of hydrogen-bond acceptors (Lipinski definition) is 4. The normalized spacial score (nSPS) is 12.3. The second-order valence-corrected chi connectivity index (χ2v) is 6.82. The number of ether oxygens (including phenoxy) is 2. The molecule has 0 spiro atoms. The molecule has 2 N–H and O–H groups in total. The largest absolute Gasteiger partial charge is 0.493 e. The summed E-state index contributed by atoms with van der Waals surface area (Å²) in [6.45, 7) is 4.04. The number of furan rings is 1. The first-order valence-corrected chi connectivity index (χ1v) is 9.86. The van der Waals surface area contributed by atoms with Crippen LogP contribution in [0.25, 0.3) is 11.0 Å². The van der Waals surface area contributed by atoms with Crippen LogP contribution >= 0.6 is 24.0 Å². The molecule has 1 atom stereocenters. The molecule has 30 heavy (non-hydrogen) atoms. The molecule has 0 aliphatic heterocycles. The van der Waals surface area contributed by atoms with E-state index < -0.39 is 0 Å². The summed E-state index contributed by atoms with van der Waals surface area (Å²) in [6.07, 6.45) is 0.870. The van der Waals surface area contributed by atoms with Gasteiger partial charge in [-0.2, -0.15) is 0 Å². The molecule has 1 aromatic heterocycles. The van der Waals surface area contributed by atoms with Gasteiger partial charge in [0.2, 0.25) is 0 Å². The van der Waals surface area contributed by atoms with Crippen molar-refractivity contribution in [3.8, 4) is 5.75 Å². The molecule has 1 heterocycles. The first kappa shape index (κ1) is 24.0. The summed E-state index contributed by atoms with van der Waals surface area (Å²) in [5.74, 6) is 2.45. The SMILES string of the molecule is CN=C(NCc1cccc(OCCCOC)c1)NC(C)c1cc2ccccc2o1.I. The predicted octanol–water partition coefficient (Wildman–Crippen LogP) is 4.89. The maximum absolute atomic E-state index is 5.94. The molecule has 1 unspecified atom stereocenters. The Bertz CT molecular complexity index is 909. The molecule has 0 saturated carbocycles. The molecule has 0 saturated heterocycles. The summed E-state index contributed by atoms with van der Waals surface area (Å²) in [4.78, 5) is 4.32. The van der Waals surface area contributed by atoms with E-state index in [1.54, 1.807) is 14.2 Å². The second kappa shape index (κ2) is 12.4. The van der Waals surface area contributed by atoms with Crippen LogP contribution in [0, 0.1) is 0 Å². The van der Waals surface area contributed by atoms with Gasteiger partial charge in [-0.15, -0.1) is 24.0 Å². The fraction of sp³-hybridized carbons (Fsp3) is 0.348. The lowest BCUT2D eigenvalue weighted by atomic mass is 10.2. The Balaban J connectivity index is 0.00000320. The van der Waals surface area contributed by atoms with Crippen molar-refractivity contribution in [1.29, 1.82) is 0 Å². The van der Waals surface area contributed by atoms with Crippen molar-refractivity contribution in [2.75, 3.05) is 27.4 Å². The van der Waals surface area contributed by atoms with Gasteiger partial charge in [0.15, 0.2) is 5.96 Å². The number of halogens is 1. The Hall–Kier alpha value is -2.26. The molecule has 0 fully saturated rings. The lowest BCUT2D eigenvalue weighted by molar-refractivity contribution is 0.172. The molecule has 162 valence electrons. The standard InChI is InChI=1S/C23H29N3O3.HI/c1-17(22-15-19-9-4-5-11-21(19)29-22)26-23(24-2)25-16-18-8-6-10-20(14-18)28-13-7-12-27-3;/h4-6,8-11,14-15,17H,7,12-13,16H2,1-3H3,(H2,24,25,26);1H. The van der Waals surface area contributed by atoms with Crippen LogP contribution in [0.15, 0.2) is 64.0 Å². The van der Waals surface area contributed by atoms with Crippen molar-refractivity contribution in [1.82, 2.24) is 10.6 Å². The van der Waals surface area contributed by atoms with Gasteiger partial charge in [0.1, 0.15) is 17.1 Å². The van der Waals surface area contributed by atoms with E-state index in [0.717, 1.165) is 34.5 Å². The van der Waals surface area contributed by atoms with Gasteiger partial charge in [-0.3, -0.25) is 4.99 Å².